The molecule has 0 amide bonds. The topological polar surface area (TPSA) is 82.7 Å². The number of aromatic nitrogens is 1. The van der Waals surface area contributed by atoms with E-state index in [1.54, 1.807) is 0 Å². The summed E-state index contributed by atoms with van der Waals surface area (Å²) >= 11 is 0. The van der Waals surface area contributed by atoms with Gasteiger partial charge in [-0.25, -0.2) is 22.2 Å². The first kappa shape index (κ1) is 19.0. The van der Waals surface area contributed by atoms with E-state index in [0.29, 0.717) is 0 Å². The lowest BCUT2D eigenvalue weighted by molar-refractivity contribution is -0.123. The van der Waals surface area contributed by atoms with Crippen LogP contribution in [0.15, 0.2) is 33.7 Å². The van der Waals surface area contributed by atoms with Crippen molar-refractivity contribution < 1.29 is 22.5 Å². The molecule has 1 heterocycles. The Labute approximate surface area is 153 Å². The van der Waals surface area contributed by atoms with Crippen LogP contribution in [0, 0.1) is 23.8 Å². The van der Waals surface area contributed by atoms with Crippen molar-refractivity contribution in [3.63, 3.8) is 0 Å². The average Bonchev–Trinajstić information content (AvgIpc) is 3.00. The van der Waals surface area contributed by atoms with Gasteiger partial charge < -0.3 is 9.67 Å². The van der Waals surface area contributed by atoms with Crippen molar-refractivity contribution in [3.8, 4) is 11.9 Å². The summed E-state index contributed by atoms with van der Waals surface area (Å²) in [5.74, 6) is -4.17. The fourth-order valence-corrected chi connectivity index (χ4v) is 4.31. The molecule has 1 aliphatic carbocycles. The Bertz CT molecular complexity index is 1130. The first-order chi connectivity index (χ1) is 12.6. The Morgan fingerprint density at radius 1 is 1.52 bits per heavy atom. The van der Waals surface area contributed by atoms with Crippen LogP contribution in [0.25, 0.3) is 10.5 Å². The van der Waals surface area contributed by atoms with Gasteiger partial charge in [0, 0.05) is 35.8 Å². The zero-order valence-corrected chi connectivity index (χ0v) is 14.8. The maximum atomic E-state index is 14.1. The molecule has 1 N–H and O–H groups in total. The zero-order chi connectivity index (χ0) is 20.0. The van der Waals surface area contributed by atoms with Crippen LogP contribution >= 0.6 is 0 Å². The molecule has 0 bridgehead atoms. The van der Waals surface area contributed by atoms with Gasteiger partial charge in [0.15, 0.2) is 0 Å². The predicted molar refractivity (Wildman–Crippen MR) is 90.6 cm³/mol. The molecule has 3 rings (SSSR count). The van der Waals surface area contributed by atoms with Crippen LogP contribution < -0.4 is 0 Å². The molecule has 1 aromatic carbocycles. The van der Waals surface area contributed by atoms with Gasteiger partial charge in [-0.2, -0.15) is 5.26 Å². The van der Waals surface area contributed by atoms with Crippen LogP contribution in [-0.4, -0.2) is 26.1 Å². The molecule has 6 nitrogen and oxygen atoms in total. The van der Waals surface area contributed by atoms with Crippen molar-refractivity contribution >= 4 is 15.4 Å². The number of nitriles is 1. The van der Waals surface area contributed by atoms with E-state index in [2.05, 4.69) is 9.21 Å². The van der Waals surface area contributed by atoms with E-state index in [4.69, 9.17) is 11.8 Å². The highest BCUT2D eigenvalue weighted by atomic mass is 32.2. The number of benzene rings is 1. The van der Waals surface area contributed by atoms with Gasteiger partial charge in [-0.3, -0.25) is 0 Å². The van der Waals surface area contributed by atoms with Crippen LogP contribution in [-0.2, 0) is 16.1 Å². The quantitative estimate of drug-likeness (QED) is 0.623. The Hall–Kier alpha value is -2.82. The molecule has 0 spiro atoms. The molecule has 2 aromatic rings. The van der Waals surface area contributed by atoms with Crippen LogP contribution in [0.5, 0.6) is 0 Å². The largest absolute Gasteiger partial charge is 0.382 e. The van der Waals surface area contributed by atoms with Gasteiger partial charge in [0.05, 0.1) is 21.2 Å². The molecular formula is C17H13F3N4O2S. The normalized spacial score (nSPS) is 20.0. The molecule has 0 fully saturated rings. The predicted octanol–water partition coefficient (Wildman–Crippen LogP) is 3.72. The lowest BCUT2D eigenvalue weighted by atomic mass is 9.91. The zero-order valence-electron chi connectivity index (χ0n) is 14.0. The average molecular weight is 394 g/mol. The van der Waals surface area contributed by atoms with Crippen LogP contribution in [0.1, 0.15) is 23.8 Å². The van der Waals surface area contributed by atoms with Gasteiger partial charge in [0.2, 0.25) is 11.9 Å². The van der Waals surface area contributed by atoms with E-state index in [1.807, 2.05) is 0 Å². The SMILES string of the molecule is [C-]#[N+]c1cc(-n2cc(S(C)(=O)=NC#N)c3c2CCC(F)(F)[C@H]3O)ccc1F. The molecule has 10 heteroatoms. The van der Waals surface area contributed by atoms with Crippen molar-refractivity contribution in [2.75, 3.05) is 6.26 Å². The van der Waals surface area contributed by atoms with Gasteiger partial charge in [0.1, 0.15) is 11.9 Å². The van der Waals surface area contributed by atoms with E-state index in [9.17, 15) is 22.5 Å². The number of aliphatic hydroxyl groups excluding tert-OH is 1. The third-order valence-corrected chi connectivity index (χ3v) is 6.00. The second-order valence-electron chi connectivity index (χ2n) is 6.13. The highest BCUT2D eigenvalue weighted by Gasteiger charge is 2.47. The molecule has 1 unspecified atom stereocenters. The number of hydrogen-bond donors (Lipinski definition) is 1. The number of fused-ring (bicyclic) bond motifs is 1. The molecule has 140 valence electrons. The van der Waals surface area contributed by atoms with Crippen molar-refractivity contribution in [3.05, 3.63) is 52.9 Å². The Morgan fingerprint density at radius 3 is 2.85 bits per heavy atom. The lowest BCUT2D eigenvalue weighted by Gasteiger charge is -2.29. The van der Waals surface area contributed by atoms with Gasteiger partial charge in [0.25, 0.3) is 5.92 Å². The first-order valence-electron chi connectivity index (χ1n) is 7.70. The minimum absolute atomic E-state index is 0.147. The van der Waals surface area contributed by atoms with Gasteiger partial charge in [-0.15, -0.1) is 4.36 Å². The fourth-order valence-electron chi connectivity index (χ4n) is 3.11. The molecule has 1 aromatic heterocycles. The van der Waals surface area contributed by atoms with Crippen LogP contribution in [0.4, 0.5) is 18.9 Å². The maximum Gasteiger partial charge on any atom is 0.278 e. The molecule has 27 heavy (non-hydrogen) atoms. The van der Waals surface area contributed by atoms with E-state index in [1.165, 1.54) is 29.1 Å². The molecule has 0 saturated carbocycles. The van der Waals surface area contributed by atoms with E-state index >= 15 is 0 Å². The Morgan fingerprint density at radius 2 is 2.22 bits per heavy atom. The van der Waals surface area contributed by atoms with Crippen molar-refractivity contribution in [2.24, 2.45) is 4.36 Å². The number of alkyl halides is 2. The standard InChI is InChI=1S/C17H13F3N4O2S/c1-22-12-7-10(3-4-11(12)18)24-8-14(27(2,26)23-9-21)15-13(24)5-6-17(19,20)16(15)25/h3-4,7-8,16,25H,5-6H2,2H3/t16-,27?/m0/s1. The molecule has 0 saturated heterocycles. The minimum atomic E-state index is -3.43. The fraction of sp³-hybridized carbons (Fsp3) is 0.294. The summed E-state index contributed by atoms with van der Waals surface area (Å²) in [6, 6.07) is 3.63. The number of hydrogen-bond acceptors (Lipinski definition) is 4. The Balaban J connectivity index is 2.34. The number of aliphatic hydroxyl groups is 1. The second kappa shape index (κ2) is 6.41. The molecule has 2 atom stereocenters. The van der Waals surface area contributed by atoms with Gasteiger partial charge >= 0.3 is 0 Å². The molecule has 0 radical (unpaired) electrons. The third kappa shape index (κ3) is 3.07. The van der Waals surface area contributed by atoms with Crippen molar-refractivity contribution in [2.45, 2.75) is 29.8 Å². The monoisotopic (exact) mass is 394 g/mol. The molecular weight excluding hydrogens is 381 g/mol. The lowest BCUT2D eigenvalue weighted by Crippen LogP contribution is -2.32. The first-order valence-corrected chi connectivity index (χ1v) is 9.62. The van der Waals surface area contributed by atoms with Crippen molar-refractivity contribution in [1.29, 1.82) is 5.26 Å². The third-order valence-electron chi connectivity index (χ3n) is 4.43. The van der Waals surface area contributed by atoms with Crippen molar-refractivity contribution in [1.82, 2.24) is 4.57 Å². The summed E-state index contributed by atoms with van der Waals surface area (Å²) in [5, 5.41) is 19.0. The van der Waals surface area contributed by atoms with E-state index in [-0.39, 0.29) is 33.9 Å². The van der Waals surface area contributed by atoms with Crippen LogP contribution in [0.2, 0.25) is 0 Å². The minimum Gasteiger partial charge on any atom is -0.382 e. The summed E-state index contributed by atoms with van der Waals surface area (Å²) in [7, 11) is -3.38. The summed E-state index contributed by atoms with van der Waals surface area (Å²) in [6.07, 6.45) is 0.772. The van der Waals surface area contributed by atoms with Gasteiger partial charge in [-0.1, -0.05) is 0 Å². The number of rotatable bonds is 2. The molecule has 1 aliphatic rings. The van der Waals surface area contributed by atoms with Gasteiger partial charge in [-0.05, 0) is 24.6 Å². The maximum absolute atomic E-state index is 14.1. The number of halogens is 3. The molecule has 0 aliphatic heterocycles. The van der Waals surface area contributed by atoms with E-state index in [0.717, 1.165) is 12.3 Å². The van der Waals surface area contributed by atoms with E-state index < -0.39 is 34.0 Å². The highest BCUT2D eigenvalue weighted by Crippen LogP contribution is 2.45. The Kier molecular flexibility index (Phi) is 4.50. The smallest absolute Gasteiger partial charge is 0.278 e. The summed E-state index contributed by atoms with van der Waals surface area (Å²) in [5.41, 5.74) is 0.0340. The summed E-state index contributed by atoms with van der Waals surface area (Å²) in [4.78, 5) is 2.88. The highest BCUT2D eigenvalue weighted by molar-refractivity contribution is 7.93. The summed E-state index contributed by atoms with van der Waals surface area (Å²) < 4.78 is 59.3. The second-order valence-corrected chi connectivity index (χ2v) is 8.36. The van der Waals surface area contributed by atoms with Crippen LogP contribution in [0.3, 0.4) is 0 Å². The summed E-state index contributed by atoms with van der Waals surface area (Å²) in [6.45, 7) is 7.01. The number of nitrogens with zero attached hydrogens (tertiary/aromatic N) is 4.